The van der Waals surface area contributed by atoms with Gasteiger partial charge in [0.05, 0.1) is 12.9 Å². The fourth-order valence-corrected chi connectivity index (χ4v) is 2.78. The van der Waals surface area contributed by atoms with Crippen molar-refractivity contribution in [3.05, 3.63) is 60.7 Å². The van der Waals surface area contributed by atoms with Gasteiger partial charge in [-0.05, 0) is 34.4 Å². The molecule has 2 aromatic carbocycles. The Morgan fingerprint density at radius 1 is 0.957 bits per heavy atom. The second kappa shape index (κ2) is 6.44. The highest BCUT2D eigenvalue weighted by molar-refractivity contribution is 7.85. The molecule has 118 valence electrons. The lowest BCUT2D eigenvalue weighted by atomic mass is 10.0. The number of benzene rings is 2. The summed E-state index contributed by atoms with van der Waals surface area (Å²) < 4.78 is 26.7. The Labute approximate surface area is 135 Å². The van der Waals surface area contributed by atoms with Gasteiger partial charge in [-0.25, -0.2) is 9.97 Å². The minimum absolute atomic E-state index is 0.157. The Morgan fingerprint density at radius 3 is 2.39 bits per heavy atom. The average molecular weight is 328 g/mol. The highest BCUT2D eigenvalue weighted by Crippen LogP contribution is 2.24. The molecule has 0 radical (unpaired) electrons. The van der Waals surface area contributed by atoms with E-state index in [1.54, 1.807) is 12.4 Å². The third kappa shape index (κ3) is 4.12. The summed E-state index contributed by atoms with van der Waals surface area (Å²) in [6, 6.07) is 12.2. The molecule has 0 aliphatic carbocycles. The molecule has 0 spiro atoms. The molecule has 0 N–H and O–H groups in total. The Morgan fingerprint density at radius 2 is 1.65 bits per heavy atom. The Balaban J connectivity index is 1.82. The van der Waals surface area contributed by atoms with Crippen LogP contribution in [0.15, 0.2) is 55.1 Å². The van der Waals surface area contributed by atoms with Crippen LogP contribution in [0.1, 0.15) is 5.56 Å². The summed E-state index contributed by atoms with van der Waals surface area (Å²) in [5.41, 5.74) is 3.07. The van der Waals surface area contributed by atoms with E-state index < -0.39 is 10.1 Å². The number of hydrogen-bond acceptors (Lipinski definition) is 5. The molecule has 0 amide bonds. The quantitative estimate of drug-likeness (QED) is 0.674. The lowest BCUT2D eigenvalue weighted by Gasteiger charge is -2.06. The predicted molar refractivity (Wildman–Crippen MR) is 89.5 cm³/mol. The molecule has 3 aromatic rings. The first-order chi connectivity index (χ1) is 11.0. The molecular formula is C17H16N2O3S. The third-order valence-corrected chi connectivity index (χ3v) is 4.08. The summed E-state index contributed by atoms with van der Waals surface area (Å²) in [5.74, 6) is 0. The maximum atomic E-state index is 11.0. The van der Waals surface area contributed by atoms with Gasteiger partial charge >= 0.3 is 0 Å². The second-order valence-corrected chi connectivity index (χ2v) is 6.94. The van der Waals surface area contributed by atoms with E-state index in [9.17, 15) is 8.42 Å². The molecule has 0 bridgehead atoms. The monoisotopic (exact) mass is 328 g/mol. The van der Waals surface area contributed by atoms with Crippen molar-refractivity contribution in [3.8, 4) is 11.1 Å². The highest BCUT2D eigenvalue weighted by atomic mass is 32.2. The number of fused-ring (bicyclic) bond motifs is 1. The molecule has 0 unspecified atom stereocenters. The van der Waals surface area contributed by atoms with Gasteiger partial charge in [-0.1, -0.05) is 30.3 Å². The molecule has 0 fully saturated rings. The standard InChI is InChI=1S/C17H16N2O3S/c1-23(20,21)22-7-6-13-2-3-15-9-16(5-4-14(15)8-13)17-10-18-12-19-11-17/h2-5,8-12H,6-7H2,1H3. The molecule has 0 aliphatic heterocycles. The van der Waals surface area contributed by atoms with Gasteiger partial charge in [0.15, 0.2) is 0 Å². The van der Waals surface area contributed by atoms with E-state index in [1.165, 1.54) is 6.33 Å². The lowest BCUT2D eigenvalue weighted by Crippen LogP contribution is -2.06. The topological polar surface area (TPSA) is 69.2 Å². The van der Waals surface area contributed by atoms with Crippen molar-refractivity contribution >= 4 is 20.9 Å². The first-order valence-electron chi connectivity index (χ1n) is 7.14. The molecule has 0 aliphatic rings. The molecule has 6 heteroatoms. The molecule has 0 saturated heterocycles. The molecule has 0 saturated carbocycles. The van der Waals surface area contributed by atoms with Crippen LogP contribution in [-0.4, -0.2) is 31.2 Å². The van der Waals surface area contributed by atoms with E-state index in [-0.39, 0.29) is 6.61 Å². The smallest absolute Gasteiger partial charge is 0.264 e. The van der Waals surface area contributed by atoms with E-state index in [2.05, 4.69) is 16.0 Å². The van der Waals surface area contributed by atoms with Crippen LogP contribution in [0.3, 0.4) is 0 Å². The van der Waals surface area contributed by atoms with Crippen molar-refractivity contribution in [1.29, 1.82) is 0 Å². The van der Waals surface area contributed by atoms with Crippen LogP contribution in [-0.2, 0) is 20.7 Å². The van der Waals surface area contributed by atoms with Crippen molar-refractivity contribution in [2.24, 2.45) is 0 Å². The van der Waals surface area contributed by atoms with E-state index >= 15 is 0 Å². The van der Waals surface area contributed by atoms with Gasteiger partial charge in [0, 0.05) is 18.0 Å². The predicted octanol–water partition coefficient (Wildman–Crippen LogP) is 2.82. The fraction of sp³-hybridized carbons (Fsp3) is 0.176. The molecule has 0 atom stereocenters. The van der Waals surface area contributed by atoms with E-state index in [0.717, 1.165) is 33.7 Å². The maximum Gasteiger partial charge on any atom is 0.264 e. The van der Waals surface area contributed by atoms with Crippen LogP contribution in [0.25, 0.3) is 21.9 Å². The van der Waals surface area contributed by atoms with Gasteiger partial charge in [-0.2, -0.15) is 8.42 Å². The largest absolute Gasteiger partial charge is 0.270 e. The van der Waals surface area contributed by atoms with Crippen molar-refractivity contribution in [2.75, 3.05) is 12.9 Å². The zero-order chi connectivity index (χ0) is 16.3. The molecule has 1 heterocycles. The van der Waals surface area contributed by atoms with Crippen molar-refractivity contribution < 1.29 is 12.6 Å². The molecule has 1 aromatic heterocycles. The maximum absolute atomic E-state index is 11.0. The van der Waals surface area contributed by atoms with E-state index in [0.29, 0.717) is 6.42 Å². The minimum Gasteiger partial charge on any atom is -0.270 e. The van der Waals surface area contributed by atoms with E-state index in [1.807, 2.05) is 30.3 Å². The Bertz CT molecular complexity index is 925. The average Bonchev–Trinajstić information content (AvgIpc) is 2.54. The Kier molecular flexibility index (Phi) is 4.36. The van der Waals surface area contributed by atoms with Crippen molar-refractivity contribution in [3.63, 3.8) is 0 Å². The minimum atomic E-state index is -3.38. The van der Waals surface area contributed by atoms with Gasteiger partial charge in [0.25, 0.3) is 10.1 Å². The highest BCUT2D eigenvalue weighted by Gasteiger charge is 2.04. The Hall–Kier alpha value is -2.31. The first kappa shape index (κ1) is 15.6. The lowest BCUT2D eigenvalue weighted by molar-refractivity contribution is 0.326. The van der Waals surface area contributed by atoms with Crippen LogP contribution >= 0.6 is 0 Å². The molecular weight excluding hydrogens is 312 g/mol. The summed E-state index contributed by atoms with van der Waals surface area (Å²) in [6.45, 7) is 0.157. The van der Waals surface area contributed by atoms with Crippen LogP contribution in [0.2, 0.25) is 0 Å². The van der Waals surface area contributed by atoms with Gasteiger partial charge in [0.2, 0.25) is 0 Å². The third-order valence-electron chi connectivity index (χ3n) is 3.49. The summed E-state index contributed by atoms with van der Waals surface area (Å²) in [7, 11) is -3.38. The van der Waals surface area contributed by atoms with Gasteiger partial charge < -0.3 is 0 Å². The van der Waals surface area contributed by atoms with Crippen LogP contribution in [0.4, 0.5) is 0 Å². The molecule has 23 heavy (non-hydrogen) atoms. The van der Waals surface area contributed by atoms with Gasteiger partial charge in [0.1, 0.15) is 6.33 Å². The summed E-state index contributed by atoms with van der Waals surface area (Å²) in [6.07, 6.45) is 6.69. The van der Waals surface area contributed by atoms with Gasteiger partial charge in [-0.3, -0.25) is 4.18 Å². The second-order valence-electron chi connectivity index (χ2n) is 5.30. The summed E-state index contributed by atoms with van der Waals surface area (Å²) in [4.78, 5) is 8.07. The van der Waals surface area contributed by atoms with Gasteiger partial charge in [-0.15, -0.1) is 0 Å². The van der Waals surface area contributed by atoms with Crippen LogP contribution in [0.5, 0.6) is 0 Å². The normalized spacial score (nSPS) is 11.7. The van der Waals surface area contributed by atoms with Crippen molar-refractivity contribution in [2.45, 2.75) is 6.42 Å². The number of nitrogens with zero attached hydrogens (tertiary/aromatic N) is 2. The van der Waals surface area contributed by atoms with Crippen LogP contribution < -0.4 is 0 Å². The zero-order valence-corrected chi connectivity index (χ0v) is 13.5. The SMILES string of the molecule is CS(=O)(=O)OCCc1ccc2cc(-c3cncnc3)ccc2c1. The number of aromatic nitrogens is 2. The number of hydrogen-bond donors (Lipinski definition) is 0. The molecule has 3 rings (SSSR count). The number of rotatable bonds is 5. The molecule has 5 nitrogen and oxygen atoms in total. The fourth-order valence-electron chi connectivity index (χ4n) is 2.39. The van der Waals surface area contributed by atoms with E-state index in [4.69, 9.17) is 4.18 Å². The summed E-state index contributed by atoms with van der Waals surface area (Å²) >= 11 is 0. The van der Waals surface area contributed by atoms with Crippen molar-refractivity contribution in [1.82, 2.24) is 9.97 Å². The zero-order valence-electron chi connectivity index (χ0n) is 12.6. The summed E-state index contributed by atoms with van der Waals surface area (Å²) in [5, 5.41) is 2.21. The first-order valence-corrected chi connectivity index (χ1v) is 8.95. The van der Waals surface area contributed by atoms with Crippen LogP contribution in [0, 0.1) is 0 Å².